The zero-order valence-corrected chi connectivity index (χ0v) is 12.7. The van der Waals surface area contributed by atoms with Crippen molar-refractivity contribution in [3.63, 3.8) is 0 Å². The van der Waals surface area contributed by atoms with Crippen molar-refractivity contribution in [3.05, 3.63) is 45.5 Å². The maximum absolute atomic E-state index is 11.9. The van der Waals surface area contributed by atoms with Gasteiger partial charge in [-0.1, -0.05) is 11.6 Å². The average Bonchev–Trinajstić information content (AvgIpc) is 3.25. The number of amides is 2. The van der Waals surface area contributed by atoms with E-state index < -0.39 is 11.0 Å². The van der Waals surface area contributed by atoms with Crippen LogP contribution in [0, 0.1) is 10.1 Å². The topological polar surface area (TPSA) is 115 Å². The van der Waals surface area contributed by atoms with Crippen molar-refractivity contribution in [1.29, 1.82) is 0 Å². The summed E-state index contributed by atoms with van der Waals surface area (Å²) < 4.78 is 1.94. The third-order valence-electron chi connectivity index (χ3n) is 3.40. The van der Waals surface area contributed by atoms with Gasteiger partial charge in [0.1, 0.15) is 11.3 Å². The summed E-state index contributed by atoms with van der Waals surface area (Å²) in [6.07, 6.45) is 3.83. The smallest absolute Gasteiger partial charge is 0.319 e. The molecule has 1 heterocycles. The van der Waals surface area contributed by atoms with Crippen LogP contribution in [0.3, 0.4) is 0 Å². The van der Waals surface area contributed by atoms with Gasteiger partial charge < -0.3 is 15.2 Å². The number of nitro benzene ring substituents is 1. The summed E-state index contributed by atoms with van der Waals surface area (Å²) in [5.74, 6) is 0.671. The first kappa shape index (κ1) is 15.2. The number of anilines is 1. The molecule has 0 unspecified atom stereocenters. The van der Waals surface area contributed by atoms with E-state index in [2.05, 4.69) is 20.8 Å². The van der Waals surface area contributed by atoms with Gasteiger partial charge in [0.25, 0.3) is 5.69 Å². The number of nitro groups is 1. The Labute approximate surface area is 135 Å². The van der Waals surface area contributed by atoms with E-state index in [9.17, 15) is 14.9 Å². The molecule has 0 saturated heterocycles. The fraction of sp³-hybridized carbons (Fsp3) is 0.308. The minimum absolute atomic E-state index is 0.0125. The van der Waals surface area contributed by atoms with Gasteiger partial charge in [-0.05, 0) is 25.0 Å². The van der Waals surface area contributed by atoms with Crippen molar-refractivity contribution < 1.29 is 9.72 Å². The number of rotatable bonds is 5. The molecule has 2 N–H and O–H groups in total. The molecule has 0 bridgehead atoms. The van der Waals surface area contributed by atoms with E-state index in [1.54, 1.807) is 6.33 Å². The molecule has 1 aromatic carbocycles. The molecular formula is C13H13ClN6O3. The maximum atomic E-state index is 11.9. The Hall–Kier alpha value is -2.68. The molecule has 0 spiro atoms. The first-order valence-electron chi connectivity index (χ1n) is 6.92. The summed E-state index contributed by atoms with van der Waals surface area (Å²) in [7, 11) is 0. The van der Waals surface area contributed by atoms with Gasteiger partial charge in [0, 0.05) is 17.8 Å². The number of benzene rings is 1. The zero-order chi connectivity index (χ0) is 16.4. The molecule has 1 saturated carbocycles. The second-order valence-electron chi connectivity index (χ2n) is 5.12. The minimum atomic E-state index is -0.608. The van der Waals surface area contributed by atoms with Crippen molar-refractivity contribution in [3.8, 4) is 0 Å². The molecule has 1 aromatic heterocycles. The van der Waals surface area contributed by atoms with Crippen LogP contribution in [0.4, 0.5) is 16.2 Å². The highest BCUT2D eigenvalue weighted by molar-refractivity contribution is 6.32. The van der Waals surface area contributed by atoms with Crippen LogP contribution in [-0.4, -0.2) is 25.7 Å². The maximum Gasteiger partial charge on any atom is 0.319 e. The van der Waals surface area contributed by atoms with Crippen molar-refractivity contribution in [2.45, 2.75) is 25.4 Å². The zero-order valence-electron chi connectivity index (χ0n) is 11.9. The first-order chi connectivity index (χ1) is 11.0. The lowest BCUT2D eigenvalue weighted by Crippen LogP contribution is -2.29. The number of nitrogens with one attached hydrogen (secondary N) is 2. The lowest BCUT2D eigenvalue weighted by Gasteiger charge is -2.08. The molecule has 23 heavy (non-hydrogen) atoms. The number of nitrogens with zero attached hydrogens (tertiary/aromatic N) is 4. The molecule has 0 aliphatic heterocycles. The van der Waals surface area contributed by atoms with E-state index >= 15 is 0 Å². The van der Waals surface area contributed by atoms with Crippen molar-refractivity contribution in [1.82, 2.24) is 20.1 Å². The Kier molecular flexibility index (Phi) is 4.11. The highest BCUT2D eigenvalue weighted by Gasteiger charge is 2.26. The predicted molar refractivity (Wildman–Crippen MR) is 82.3 cm³/mol. The van der Waals surface area contributed by atoms with Gasteiger partial charge in [0.15, 0.2) is 5.82 Å². The summed E-state index contributed by atoms with van der Waals surface area (Å²) in [6, 6.07) is 3.98. The standard InChI is InChI=1S/C13H13ClN6O3/c14-10-4-1-8(5-11(10)20(22)23)17-13(21)15-6-12-18-16-7-19(12)9-2-3-9/h1,4-5,7,9H,2-3,6H2,(H2,15,17,21). The Morgan fingerprint density at radius 1 is 1.48 bits per heavy atom. The Morgan fingerprint density at radius 3 is 2.96 bits per heavy atom. The van der Waals surface area contributed by atoms with Gasteiger partial charge in [-0.15, -0.1) is 10.2 Å². The minimum Gasteiger partial charge on any atom is -0.331 e. The molecule has 2 amide bonds. The number of aromatic nitrogens is 3. The molecule has 1 aliphatic carbocycles. The van der Waals surface area contributed by atoms with Gasteiger partial charge in [0.2, 0.25) is 0 Å². The van der Waals surface area contributed by atoms with E-state index in [1.165, 1.54) is 18.2 Å². The van der Waals surface area contributed by atoms with Crippen LogP contribution in [0.15, 0.2) is 24.5 Å². The Balaban J connectivity index is 1.60. The number of carbonyl (C=O) groups excluding carboxylic acids is 1. The van der Waals surface area contributed by atoms with Crippen LogP contribution in [-0.2, 0) is 6.54 Å². The number of halogens is 1. The van der Waals surface area contributed by atoms with Crippen molar-refractivity contribution >= 4 is 29.0 Å². The van der Waals surface area contributed by atoms with Crippen molar-refractivity contribution in [2.24, 2.45) is 0 Å². The summed E-state index contributed by atoms with van der Waals surface area (Å²) in [6.45, 7) is 0.220. The average molecular weight is 337 g/mol. The van der Waals surface area contributed by atoms with Gasteiger partial charge in [-0.3, -0.25) is 10.1 Å². The molecule has 0 atom stereocenters. The first-order valence-corrected chi connectivity index (χ1v) is 7.29. The van der Waals surface area contributed by atoms with Crippen LogP contribution in [0.2, 0.25) is 5.02 Å². The molecule has 1 fully saturated rings. The van der Waals surface area contributed by atoms with Crippen molar-refractivity contribution in [2.75, 3.05) is 5.32 Å². The molecule has 0 radical (unpaired) electrons. The molecular weight excluding hydrogens is 324 g/mol. The Morgan fingerprint density at radius 2 is 2.26 bits per heavy atom. The lowest BCUT2D eigenvalue weighted by atomic mass is 10.3. The number of urea groups is 1. The molecule has 9 nitrogen and oxygen atoms in total. The van der Waals surface area contributed by atoms with Crippen LogP contribution >= 0.6 is 11.6 Å². The normalized spacial score (nSPS) is 13.6. The fourth-order valence-electron chi connectivity index (χ4n) is 2.12. The van der Waals surface area contributed by atoms with Crippen LogP contribution < -0.4 is 10.6 Å². The fourth-order valence-corrected chi connectivity index (χ4v) is 2.30. The number of hydrogen-bond acceptors (Lipinski definition) is 5. The highest BCUT2D eigenvalue weighted by atomic mass is 35.5. The summed E-state index contributed by atoms with van der Waals surface area (Å²) in [5, 5.41) is 23.8. The largest absolute Gasteiger partial charge is 0.331 e. The third kappa shape index (κ3) is 3.57. The molecule has 1 aliphatic rings. The Bertz CT molecular complexity index is 758. The van der Waals surface area contributed by atoms with E-state index in [0.717, 1.165) is 12.8 Å². The van der Waals surface area contributed by atoms with Gasteiger partial charge in [-0.25, -0.2) is 4.79 Å². The van der Waals surface area contributed by atoms with E-state index in [4.69, 9.17) is 11.6 Å². The second kappa shape index (κ2) is 6.21. The monoisotopic (exact) mass is 336 g/mol. The summed E-state index contributed by atoms with van der Waals surface area (Å²) in [5.41, 5.74) is 0.0141. The SMILES string of the molecule is O=C(NCc1nncn1C1CC1)Nc1ccc(Cl)c([N+](=O)[O-])c1. The number of hydrogen-bond donors (Lipinski definition) is 2. The van der Waals surface area contributed by atoms with Crippen LogP contribution in [0.1, 0.15) is 24.7 Å². The summed E-state index contributed by atoms with van der Waals surface area (Å²) >= 11 is 5.72. The second-order valence-corrected chi connectivity index (χ2v) is 5.52. The highest BCUT2D eigenvalue weighted by Crippen LogP contribution is 2.35. The van der Waals surface area contributed by atoms with Gasteiger partial charge >= 0.3 is 6.03 Å². The quantitative estimate of drug-likeness (QED) is 0.643. The van der Waals surface area contributed by atoms with E-state index in [1.807, 2.05) is 4.57 Å². The molecule has 10 heteroatoms. The summed E-state index contributed by atoms with van der Waals surface area (Å²) in [4.78, 5) is 22.1. The van der Waals surface area contributed by atoms with E-state index in [0.29, 0.717) is 11.9 Å². The van der Waals surface area contributed by atoms with E-state index in [-0.39, 0.29) is 22.9 Å². The van der Waals surface area contributed by atoms with Gasteiger partial charge in [-0.2, -0.15) is 0 Å². The lowest BCUT2D eigenvalue weighted by molar-refractivity contribution is -0.384. The molecule has 3 rings (SSSR count). The van der Waals surface area contributed by atoms with Gasteiger partial charge in [0.05, 0.1) is 11.5 Å². The predicted octanol–water partition coefficient (Wildman–Crippen LogP) is 2.50. The molecule has 120 valence electrons. The third-order valence-corrected chi connectivity index (χ3v) is 3.71. The molecule has 2 aromatic rings. The van der Waals surface area contributed by atoms with Crippen LogP contribution in [0.5, 0.6) is 0 Å². The number of carbonyl (C=O) groups is 1. The van der Waals surface area contributed by atoms with Crippen LogP contribution in [0.25, 0.3) is 0 Å².